The summed E-state index contributed by atoms with van der Waals surface area (Å²) in [5.41, 5.74) is 9.85. The zero-order chi connectivity index (χ0) is 22.5. The molecule has 3 aliphatic rings. The molecule has 3 N–H and O–H groups in total. The van der Waals surface area contributed by atoms with Gasteiger partial charge in [-0.15, -0.1) is 5.53 Å². The number of rotatable bonds is 4. The Balaban J connectivity index is 1.28. The van der Waals surface area contributed by atoms with Crippen LogP contribution in [-0.4, -0.2) is 45.6 Å². The molecule has 6 rings (SSSR count). The molecule has 0 atom stereocenters. The van der Waals surface area contributed by atoms with Crippen LogP contribution >= 0.6 is 0 Å². The first-order chi connectivity index (χ1) is 16.1. The van der Waals surface area contributed by atoms with Gasteiger partial charge in [-0.05, 0) is 36.6 Å². The van der Waals surface area contributed by atoms with Crippen LogP contribution in [-0.2, 0) is 6.42 Å². The summed E-state index contributed by atoms with van der Waals surface area (Å²) in [6.07, 6.45) is 2.68. The molecule has 2 aromatic carbocycles. The summed E-state index contributed by atoms with van der Waals surface area (Å²) >= 11 is 0. The molecule has 1 aliphatic carbocycles. The standard InChI is InChI=1S/C24H23FN6O2/c25-19-8-5-14(12-20-16-3-1-2-4-17(16)23(32)28-26-20)11-18(19)24(33)30-9-10-31-21(13-30)22(27-29-31)15-6-7-15/h1-5,8,11,15,27,29H,6-7,9-10,12-13H2,(H,28,32). The number of carbonyl (C=O) groups excluding carboxylic acids is 1. The number of allylic oxidation sites excluding steroid dienone is 1. The quantitative estimate of drug-likeness (QED) is 0.568. The fraction of sp³-hybridized carbons (Fsp3) is 0.292. The second kappa shape index (κ2) is 7.70. The number of hydrogen-bond acceptors (Lipinski definition) is 6. The van der Waals surface area contributed by atoms with Crippen LogP contribution in [0.4, 0.5) is 4.39 Å². The highest BCUT2D eigenvalue weighted by Crippen LogP contribution is 2.39. The Morgan fingerprint density at radius 1 is 1.12 bits per heavy atom. The molecule has 0 spiro atoms. The molecule has 3 heterocycles. The van der Waals surface area contributed by atoms with Crippen LogP contribution < -0.4 is 16.5 Å². The van der Waals surface area contributed by atoms with E-state index in [0.717, 1.165) is 35.2 Å². The normalized spacial score (nSPS) is 18.0. The van der Waals surface area contributed by atoms with E-state index >= 15 is 0 Å². The van der Waals surface area contributed by atoms with Crippen molar-refractivity contribution in [3.63, 3.8) is 0 Å². The summed E-state index contributed by atoms with van der Waals surface area (Å²) in [6.45, 7) is 1.59. The molecule has 1 saturated carbocycles. The summed E-state index contributed by atoms with van der Waals surface area (Å²) < 4.78 is 14.7. The number of aromatic nitrogens is 2. The summed E-state index contributed by atoms with van der Waals surface area (Å²) in [6, 6.07) is 11.8. The van der Waals surface area contributed by atoms with Gasteiger partial charge in [0.2, 0.25) is 0 Å². The number of fused-ring (bicyclic) bond motifs is 2. The van der Waals surface area contributed by atoms with Crippen molar-refractivity contribution in [2.24, 2.45) is 5.92 Å². The monoisotopic (exact) mass is 446 g/mol. The van der Waals surface area contributed by atoms with Gasteiger partial charge in [0.1, 0.15) is 5.82 Å². The Morgan fingerprint density at radius 3 is 2.76 bits per heavy atom. The number of piperazine rings is 1. The van der Waals surface area contributed by atoms with Crippen LogP contribution in [0.25, 0.3) is 10.8 Å². The minimum absolute atomic E-state index is 0.0576. The third kappa shape index (κ3) is 3.54. The van der Waals surface area contributed by atoms with Crippen molar-refractivity contribution >= 4 is 16.7 Å². The summed E-state index contributed by atoms with van der Waals surface area (Å²) in [4.78, 5) is 27.1. The smallest absolute Gasteiger partial charge is 0.272 e. The maximum absolute atomic E-state index is 14.7. The number of H-pyrrole nitrogens is 1. The lowest BCUT2D eigenvalue weighted by Crippen LogP contribution is -2.50. The van der Waals surface area contributed by atoms with Crippen molar-refractivity contribution in [2.45, 2.75) is 19.3 Å². The number of benzene rings is 2. The highest BCUT2D eigenvalue weighted by molar-refractivity contribution is 5.95. The van der Waals surface area contributed by atoms with E-state index in [0.29, 0.717) is 43.1 Å². The van der Waals surface area contributed by atoms with Gasteiger partial charge in [0.15, 0.2) is 0 Å². The van der Waals surface area contributed by atoms with Crippen LogP contribution in [0.15, 0.2) is 58.7 Å². The number of hydrazine groups is 2. The van der Waals surface area contributed by atoms with Gasteiger partial charge in [0, 0.05) is 24.3 Å². The molecule has 0 bridgehead atoms. The number of halogens is 1. The lowest BCUT2D eigenvalue weighted by atomic mass is 10.0. The van der Waals surface area contributed by atoms with E-state index in [-0.39, 0.29) is 17.0 Å². The highest BCUT2D eigenvalue weighted by atomic mass is 19.1. The fourth-order valence-corrected chi connectivity index (χ4v) is 4.65. The van der Waals surface area contributed by atoms with Crippen LogP contribution in [0.3, 0.4) is 0 Å². The fourth-order valence-electron chi connectivity index (χ4n) is 4.65. The second-order valence-electron chi connectivity index (χ2n) is 8.79. The van der Waals surface area contributed by atoms with E-state index in [1.165, 1.54) is 6.07 Å². The number of hydrogen-bond donors (Lipinski definition) is 3. The minimum atomic E-state index is -0.537. The van der Waals surface area contributed by atoms with Gasteiger partial charge >= 0.3 is 0 Å². The second-order valence-corrected chi connectivity index (χ2v) is 8.79. The summed E-state index contributed by atoms with van der Waals surface area (Å²) in [7, 11) is 0. The number of nitrogens with zero attached hydrogens (tertiary/aromatic N) is 3. The van der Waals surface area contributed by atoms with E-state index in [4.69, 9.17) is 0 Å². The summed E-state index contributed by atoms with van der Waals surface area (Å²) in [5, 5.41) is 10.1. The highest BCUT2D eigenvalue weighted by Gasteiger charge is 2.37. The van der Waals surface area contributed by atoms with Crippen molar-refractivity contribution in [1.82, 2.24) is 31.1 Å². The topological polar surface area (TPSA) is 93.4 Å². The molecule has 168 valence electrons. The maximum atomic E-state index is 14.7. The van der Waals surface area contributed by atoms with E-state index in [1.54, 1.807) is 29.2 Å². The molecule has 1 saturated heterocycles. The Bertz CT molecular complexity index is 1360. The van der Waals surface area contributed by atoms with Gasteiger partial charge < -0.3 is 10.3 Å². The molecule has 2 aliphatic heterocycles. The molecule has 2 fully saturated rings. The zero-order valence-electron chi connectivity index (χ0n) is 17.9. The van der Waals surface area contributed by atoms with Gasteiger partial charge in [0.05, 0.1) is 41.1 Å². The van der Waals surface area contributed by atoms with Crippen molar-refractivity contribution in [3.8, 4) is 0 Å². The third-order valence-corrected chi connectivity index (χ3v) is 6.58. The maximum Gasteiger partial charge on any atom is 0.272 e. The molecule has 1 aromatic heterocycles. The SMILES string of the molecule is O=C(c1cc(Cc2n[nH]c(=O)c3ccccc23)ccc1F)N1CCN2NNC(C3CC3)=C2C1. The molecule has 3 aromatic rings. The van der Waals surface area contributed by atoms with E-state index in [9.17, 15) is 14.0 Å². The van der Waals surface area contributed by atoms with Crippen molar-refractivity contribution in [3.05, 3.63) is 86.9 Å². The van der Waals surface area contributed by atoms with Crippen molar-refractivity contribution in [1.29, 1.82) is 0 Å². The number of carbonyl (C=O) groups is 1. The number of amides is 1. The predicted octanol–water partition coefficient (Wildman–Crippen LogP) is 2.06. The first-order valence-corrected chi connectivity index (χ1v) is 11.1. The molecule has 33 heavy (non-hydrogen) atoms. The lowest BCUT2D eigenvalue weighted by Gasteiger charge is -2.34. The number of aromatic amines is 1. The van der Waals surface area contributed by atoms with Gasteiger partial charge in [-0.3, -0.25) is 14.6 Å². The Hall–Kier alpha value is -3.72. The van der Waals surface area contributed by atoms with Crippen LogP contribution in [0.5, 0.6) is 0 Å². The van der Waals surface area contributed by atoms with Crippen LogP contribution in [0.1, 0.15) is 34.5 Å². The van der Waals surface area contributed by atoms with E-state index < -0.39 is 5.82 Å². The van der Waals surface area contributed by atoms with Gasteiger partial charge in [0.25, 0.3) is 11.5 Å². The Labute approximate surface area is 189 Å². The van der Waals surface area contributed by atoms with Gasteiger partial charge in [-0.1, -0.05) is 24.3 Å². The molecule has 8 nitrogen and oxygen atoms in total. The Morgan fingerprint density at radius 2 is 1.94 bits per heavy atom. The van der Waals surface area contributed by atoms with Crippen LogP contribution in [0, 0.1) is 11.7 Å². The largest absolute Gasteiger partial charge is 0.331 e. The first-order valence-electron chi connectivity index (χ1n) is 11.1. The minimum Gasteiger partial charge on any atom is -0.331 e. The van der Waals surface area contributed by atoms with E-state index in [2.05, 4.69) is 21.2 Å². The number of nitrogens with one attached hydrogen (secondary N) is 3. The van der Waals surface area contributed by atoms with Gasteiger partial charge in [-0.25, -0.2) is 9.49 Å². The first kappa shape index (κ1) is 19.9. The molecular weight excluding hydrogens is 423 g/mol. The predicted molar refractivity (Wildman–Crippen MR) is 120 cm³/mol. The zero-order valence-corrected chi connectivity index (χ0v) is 17.9. The van der Waals surface area contributed by atoms with Crippen LogP contribution in [0.2, 0.25) is 0 Å². The lowest BCUT2D eigenvalue weighted by molar-refractivity contribution is 0.0666. The molecular formula is C24H23FN6O2. The average molecular weight is 446 g/mol. The molecule has 1 amide bonds. The Kier molecular flexibility index (Phi) is 4.65. The third-order valence-electron chi connectivity index (χ3n) is 6.58. The van der Waals surface area contributed by atoms with E-state index in [1.807, 2.05) is 17.1 Å². The average Bonchev–Trinajstić information content (AvgIpc) is 3.60. The van der Waals surface area contributed by atoms with Crippen molar-refractivity contribution < 1.29 is 9.18 Å². The molecule has 0 unspecified atom stereocenters. The van der Waals surface area contributed by atoms with Gasteiger partial charge in [-0.2, -0.15) is 5.10 Å². The molecule has 0 radical (unpaired) electrons. The van der Waals surface area contributed by atoms with Crippen molar-refractivity contribution in [2.75, 3.05) is 19.6 Å². The summed E-state index contributed by atoms with van der Waals surface area (Å²) in [5.74, 6) is -0.334. The molecule has 9 heteroatoms.